The molecule has 0 spiro atoms. The molecule has 5 heteroatoms. The Bertz CT molecular complexity index is 876. The Hall–Kier alpha value is -2.95. The molecule has 1 saturated heterocycles. The predicted molar refractivity (Wildman–Crippen MR) is 104 cm³/mol. The van der Waals surface area contributed by atoms with Crippen molar-refractivity contribution in [2.24, 2.45) is 11.0 Å². The highest BCUT2D eigenvalue weighted by Gasteiger charge is 2.34. The average Bonchev–Trinajstić information content (AvgIpc) is 3.07. The molecule has 4 rings (SSSR count). The van der Waals surface area contributed by atoms with Crippen LogP contribution < -0.4 is 5.43 Å². The lowest BCUT2D eigenvalue weighted by Crippen LogP contribution is -2.31. The van der Waals surface area contributed by atoms with Gasteiger partial charge in [0.15, 0.2) is 0 Å². The van der Waals surface area contributed by atoms with E-state index in [1.165, 1.54) is 5.56 Å². The van der Waals surface area contributed by atoms with Crippen molar-refractivity contribution in [2.75, 3.05) is 6.54 Å². The molecule has 1 N–H and O–H groups in total. The van der Waals surface area contributed by atoms with Crippen molar-refractivity contribution in [3.05, 3.63) is 71.3 Å². The Balaban J connectivity index is 1.39. The molecule has 2 aromatic rings. The smallest absolute Gasteiger partial charge is 0.245 e. The fourth-order valence-corrected chi connectivity index (χ4v) is 3.84. The molecule has 2 aliphatic rings. The molecule has 0 bridgehead atoms. The lowest BCUT2D eigenvalue weighted by Gasteiger charge is -2.18. The number of carbonyl (C=O) groups is 2. The summed E-state index contributed by atoms with van der Waals surface area (Å²) in [6.45, 7) is 0.992. The number of hydrogen-bond donors (Lipinski definition) is 1. The van der Waals surface area contributed by atoms with Crippen LogP contribution in [0.1, 0.15) is 36.0 Å². The van der Waals surface area contributed by atoms with E-state index in [9.17, 15) is 9.59 Å². The van der Waals surface area contributed by atoms with Gasteiger partial charge in [0.2, 0.25) is 11.8 Å². The second kappa shape index (κ2) is 7.74. The predicted octanol–water partition coefficient (Wildman–Crippen LogP) is 2.89. The molecule has 27 heavy (non-hydrogen) atoms. The summed E-state index contributed by atoms with van der Waals surface area (Å²) in [5.41, 5.74) is 7.11. The van der Waals surface area contributed by atoms with Crippen LogP contribution in [0, 0.1) is 5.92 Å². The topological polar surface area (TPSA) is 61.8 Å². The van der Waals surface area contributed by atoms with Crippen LogP contribution in [0.3, 0.4) is 0 Å². The highest BCUT2D eigenvalue weighted by Crippen LogP contribution is 2.22. The fourth-order valence-electron chi connectivity index (χ4n) is 3.84. The molecule has 138 valence electrons. The van der Waals surface area contributed by atoms with Crippen molar-refractivity contribution in [1.82, 2.24) is 10.3 Å². The molecular formula is C22H23N3O2. The zero-order valence-corrected chi connectivity index (χ0v) is 15.2. The normalized spacial score (nSPS) is 20.6. The summed E-state index contributed by atoms with van der Waals surface area (Å²) >= 11 is 0. The van der Waals surface area contributed by atoms with Gasteiger partial charge in [0.05, 0.1) is 11.6 Å². The molecule has 0 saturated carbocycles. The van der Waals surface area contributed by atoms with E-state index in [-0.39, 0.29) is 24.2 Å². The van der Waals surface area contributed by atoms with Gasteiger partial charge in [-0.2, -0.15) is 5.10 Å². The van der Waals surface area contributed by atoms with Crippen molar-refractivity contribution in [2.45, 2.75) is 32.2 Å². The van der Waals surface area contributed by atoms with Crippen LogP contribution in [0.4, 0.5) is 0 Å². The van der Waals surface area contributed by atoms with Gasteiger partial charge in [-0.05, 0) is 30.4 Å². The van der Waals surface area contributed by atoms with Crippen LogP contribution >= 0.6 is 0 Å². The molecule has 2 aromatic carbocycles. The van der Waals surface area contributed by atoms with Crippen LogP contribution in [0.25, 0.3) is 0 Å². The second-order valence-corrected chi connectivity index (χ2v) is 7.21. The average molecular weight is 361 g/mol. The Labute approximate surface area is 159 Å². The lowest BCUT2D eigenvalue weighted by molar-refractivity contribution is -0.129. The van der Waals surface area contributed by atoms with Gasteiger partial charge in [-0.3, -0.25) is 9.59 Å². The van der Waals surface area contributed by atoms with Gasteiger partial charge in [0.1, 0.15) is 0 Å². The Morgan fingerprint density at radius 2 is 1.85 bits per heavy atom. The third kappa shape index (κ3) is 3.92. The Morgan fingerprint density at radius 1 is 1.07 bits per heavy atom. The van der Waals surface area contributed by atoms with Gasteiger partial charge in [-0.25, -0.2) is 5.43 Å². The Kier molecular flexibility index (Phi) is 5.01. The van der Waals surface area contributed by atoms with E-state index in [0.29, 0.717) is 13.1 Å². The maximum absolute atomic E-state index is 12.5. The van der Waals surface area contributed by atoms with Crippen molar-refractivity contribution in [1.29, 1.82) is 0 Å². The first-order valence-corrected chi connectivity index (χ1v) is 9.47. The maximum Gasteiger partial charge on any atom is 0.245 e. The lowest BCUT2D eigenvalue weighted by atomic mass is 9.90. The largest absolute Gasteiger partial charge is 0.338 e. The summed E-state index contributed by atoms with van der Waals surface area (Å²) in [5.74, 6) is -0.492. The molecule has 0 aromatic heterocycles. The summed E-state index contributed by atoms with van der Waals surface area (Å²) in [7, 11) is 0. The van der Waals surface area contributed by atoms with Gasteiger partial charge in [0, 0.05) is 25.1 Å². The number of nitrogens with one attached hydrogen (secondary N) is 1. The Morgan fingerprint density at radius 3 is 2.70 bits per heavy atom. The third-order valence-electron chi connectivity index (χ3n) is 5.29. The number of hydrogen-bond acceptors (Lipinski definition) is 3. The SMILES string of the molecule is O=C(N/N=C1\CCCc2ccccc21)C1CC(=O)N(Cc2ccccc2)C1. The third-order valence-corrected chi connectivity index (χ3v) is 5.29. The summed E-state index contributed by atoms with van der Waals surface area (Å²) in [4.78, 5) is 26.6. The number of amides is 2. The number of benzene rings is 2. The zero-order chi connectivity index (χ0) is 18.6. The van der Waals surface area contributed by atoms with Crippen molar-refractivity contribution in [3.63, 3.8) is 0 Å². The van der Waals surface area contributed by atoms with E-state index in [1.54, 1.807) is 4.90 Å². The van der Waals surface area contributed by atoms with Crippen molar-refractivity contribution in [3.8, 4) is 0 Å². The molecule has 0 radical (unpaired) electrons. The number of rotatable bonds is 4. The molecule has 2 amide bonds. The van der Waals surface area contributed by atoms with E-state index in [4.69, 9.17) is 0 Å². The van der Waals surface area contributed by atoms with Crippen LogP contribution in [-0.4, -0.2) is 29.0 Å². The van der Waals surface area contributed by atoms with Crippen molar-refractivity contribution >= 4 is 17.5 Å². The molecule has 1 atom stereocenters. The zero-order valence-electron chi connectivity index (χ0n) is 15.2. The van der Waals surface area contributed by atoms with E-state index in [1.807, 2.05) is 42.5 Å². The number of hydrazone groups is 1. The van der Waals surface area contributed by atoms with Crippen LogP contribution in [0.5, 0.6) is 0 Å². The molecule has 1 fully saturated rings. The van der Waals surface area contributed by atoms with Gasteiger partial charge < -0.3 is 4.90 Å². The van der Waals surface area contributed by atoms with Crippen LogP contribution in [0.2, 0.25) is 0 Å². The molecule has 1 unspecified atom stereocenters. The summed E-state index contributed by atoms with van der Waals surface area (Å²) < 4.78 is 0. The van der Waals surface area contributed by atoms with Crippen molar-refractivity contribution < 1.29 is 9.59 Å². The number of aryl methyl sites for hydroxylation is 1. The highest BCUT2D eigenvalue weighted by molar-refractivity contribution is 6.03. The van der Waals surface area contributed by atoms with E-state index in [2.05, 4.69) is 22.7 Å². The number of fused-ring (bicyclic) bond motifs is 1. The maximum atomic E-state index is 12.5. The van der Waals surface area contributed by atoms with E-state index in [0.717, 1.165) is 36.1 Å². The first-order chi connectivity index (χ1) is 13.2. The molecule has 1 aliphatic heterocycles. The minimum Gasteiger partial charge on any atom is -0.338 e. The summed E-state index contributed by atoms with van der Waals surface area (Å²) in [6.07, 6.45) is 3.20. The van der Waals surface area contributed by atoms with Gasteiger partial charge in [-0.15, -0.1) is 0 Å². The second-order valence-electron chi connectivity index (χ2n) is 7.21. The highest BCUT2D eigenvalue weighted by atomic mass is 16.2. The summed E-state index contributed by atoms with van der Waals surface area (Å²) in [6, 6.07) is 18.1. The molecule has 5 nitrogen and oxygen atoms in total. The quantitative estimate of drug-likeness (QED) is 0.851. The van der Waals surface area contributed by atoms with E-state index < -0.39 is 0 Å². The van der Waals surface area contributed by atoms with Crippen LogP contribution in [0.15, 0.2) is 59.7 Å². The van der Waals surface area contributed by atoms with Gasteiger partial charge in [-0.1, -0.05) is 54.6 Å². The monoisotopic (exact) mass is 361 g/mol. The summed E-state index contributed by atoms with van der Waals surface area (Å²) in [5, 5.41) is 4.39. The van der Waals surface area contributed by atoms with Crippen LogP contribution in [-0.2, 0) is 22.6 Å². The van der Waals surface area contributed by atoms with Gasteiger partial charge in [0.25, 0.3) is 0 Å². The molecule has 1 heterocycles. The minimum atomic E-state index is -0.343. The van der Waals surface area contributed by atoms with E-state index >= 15 is 0 Å². The molecular weight excluding hydrogens is 338 g/mol. The number of likely N-dealkylation sites (tertiary alicyclic amines) is 1. The van der Waals surface area contributed by atoms with Gasteiger partial charge >= 0.3 is 0 Å². The number of nitrogens with zero attached hydrogens (tertiary/aromatic N) is 2. The molecule has 1 aliphatic carbocycles. The first-order valence-electron chi connectivity index (χ1n) is 9.47. The number of carbonyl (C=O) groups excluding carboxylic acids is 2. The fraction of sp³-hybridized carbons (Fsp3) is 0.318. The first kappa shape index (κ1) is 17.5. The standard InChI is InChI=1S/C22H23N3O2/c26-21-13-18(15-25(21)14-16-7-2-1-3-8-16)22(27)24-23-20-12-6-10-17-9-4-5-11-19(17)20/h1-5,7-9,11,18H,6,10,12-15H2,(H,24,27)/b23-20+. The minimum absolute atomic E-state index is 0.0228.